The maximum absolute atomic E-state index is 12.7. The molecule has 2 heterocycles. The van der Waals surface area contributed by atoms with Crippen molar-refractivity contribution in [3.05, 3.63) is 42.4 Å². The molecule has 1 fully saturated rings. The van der Waals surface area contributed by atoms with Crippen molar-refractivity contribution in [1.82, 2.24) is 0 Å². The smallest absolute Gasteiger partial charge is 0.157 e. The van der Waals surface area contributed by atoms with Crippen LogP contribution in [0, 0.1) is 0 Å². The van der Waals surface area contributed by atoms with Gasteiger partial charge >= 0.3 is 0 Å². The number of furan rings is 1. The molecular formula is C14H13N3O2S. The van der Waals surface area contributed by atoms with Gasteiger partial charge in [0.1, 0.15) is 5.84 Å². The molecule has 0 amide bonds. The summed E-state index contributed by atoms with van der Waals surface area (Å²) in [5.74, 6) is 0.319. The lowest BCUT2D eigenvalue weighted by molar-refractivity contribution is 0.568. The topological polar surface area (TPSA) is 80.6 Å². The van der Waals surface area contributed by atoms with E-state index in [-0.39, 0.29) is 0 Å². The Morgan fingerprint density at radius 3 is 2.85 bits per heavy atom. The van der Waals surface area contributed by atoms with Crippen LogP contribution in [-0.2, 0) is 9.89 Å². The quantitative estimate of drug-likeness (QED) is 0.789. The second-order valence-corrected chi connectivity index (χ2v) is 6.90. The van der Waals surface area contributed by atoms with Gasteiger partial charge in [0.25, 0.3) is 0 Å². The minimum absolute atomic E-state index is 0.319. The average Bonchev–Trinajstić information content (AvgIpc) is 3.15. The van der Waals surface area contributed by atoms with E-state index >= 15 is 0 Å². The van der Waals surface area contributed by atoms with Crippen molar-refractivity contribution in [1.29, 1.82) is 0 Å². The number of amidine groups is 1. The Morgan fingerprint density at radius 2 is 2.15 bits per heavy atom. The second kappa shape index (κ2) is 3.89. The Hall–Kier alpha value is -2.21. The fourth-order valence-electron chi connectivity index (χ4n) is 2.39. The molecule has 3 N–H and O–H groups in total. The van der Waals surface area contributed by atoms with Gasteiger partial charge in [-0.25, -0.2) is 4.21 Å². The first-order chi connectivity index (χ1) is 9.67. The zero-order chi connectivity index (χ0) is 13.7. The number of anilines is 1. The fraction of sp³-hybridized carbons (Fsp3) is 0.143. The summed E-state index contributed by atoms with van der Waals surface area (Å²) in [5.41, 5.74) is 9.48. The van der Waals surface area contributed by atoms with E-state index in [1.807, 2.05) is 24.3 Å². The second-order valence-electron chi connectivity index (χ2n) is 4.88. The average molecular weight is 287 g/mol. The molecule has 1 atom stereocenters. The van der Waals surface area contributed by atoms with E-state index in [2.05, 4.69) is 9.12 Å². The van der Waals surface area contributed by atoms with Crippen molar-refractivity contribution >= 4 is 26.3 Å². The number of nitrogens with two attached hydrogens (primary N) is 1. The maximum Gasteiger partial charge on any atom is 0.157 e. The molecule has 102 valence electrons. The number of fused-ring (bicyclic) bond motifs is 1. The van der Waals surface area contributed by atoms with E-state index in [9.17, 15) is 4.21 Å². The van der Waals surface area contributed by atoms with Gasteiger partial charge in [-0.15, -0.1) is 0 Å². The van der Waals surface area contributed by atoms with Crippen LogP contribution in [0.4, 0.5) is 5.69 Å². The lowest BCUT2D eigenvalue weighted by atomic mass is 10.00. The Morgan fingerprint density at radius 1 is 1.30 bits per heavy atom. The molecule has 5 nitrogen and oxygen atoms in total. The summed E-state index contributed by atoms with van der Waals surface area (Å²) in [5, 5.41) is 0. The van der Waals surface area contributed by atoms with Gasteiger partial charge in [0.15, 0.2) is 9.89 Å². The molecule has 1 aromatic carbocycles. The molecule has 1 aliphatic heterocycles. The first kappa shape index (κ1) is 11.6. The van der Waals surface area contributed by atoms with Crippen LogP contribution >= 0.6 is 0 Å². The van der Waals surface area contributed by atoms with Crippen LogP contribution in [-0.4, -0.2) is 14.9 Å². The van der Waals surface area contributed by atoms with Gasteiger partial charge in [-0.1, -0.05) is 12.1 Å². The molecular weight excluding hydrogens is 274 g/mol. The highest BCUT2D eigenvalue weighted by Gasteiger charge is 2.29. The molecule has 6 heteroatoms. The largest absolute Gasteiger partial charge is 0.472 e. The van der Waals surface area contributed by atoms with E-state index in [0.29, 0.717) is 5.84 Å². The molecule has 0 saturated heterocycles. The van der Waals surface area contributed by atoms with E-state index in [1.54, 1.807) is 12.5 Å². The minimum atomic E-state index is -2.54. The van der Waals surface area contributed by atoms with E-state index < -0.39 is 9.89 Å². The monoisotopic (exact) mass is 287 g/mol. The molecule has 1 aromatic heterocycles. The van der Waals surface area contributed by atoms with E-state index in [1.165, 1.54) is 0 Å². The highest BCUT2D eigenvalue weighted by molar-refractivity contribution is 8.03. The Labute approximate surface area is 116 Å². The highest BCUT2D eigenvalue weighted by Crippen LogP contribution is 2.34. The molecule has 0 bridgehead atoms. The summed E-state index contributed by atoms with van der Waals surface area (Å²) < 4.78 is 25.1. The Kier molecular flexibility index (Phi) is 2.26. The Balaban J connectivity index is 1.97. The van der Waals surface area contributed by atoms with Crippen LogP contribution in [0.3, 0.4) is 0 Å². The van der Waals surface area contributed by atoms with E-state index in [4.69, 9.17) is 10.2 Å². The summed E-state index contributed by atoms with van der Waals surface area (Å²) in [7, 11) is -2.54. The van der Waals surface area contributed by atoms with Crippen molar-refractivity contribution in [3.8, 4) is 11.1 Å². The molecule has 0 spiro atoms. The SMILES string of the molecule is NC1=NS(=O)(=C2CC2)Nc2cccc(-c3ccoc3)c21. The third-order valence-electron chi connectivity index (χ3n) is 3.47. The van der Waals surface area contributed by atoms with Crippen LogP contribution in [0.1, 0.15) is 18.4 Å². The maximum atomic E-state index is 12.7. The standard InChI is InChI=1S/C14H13N3O2S/c15-14-13-11(9-6-7-19-8-9)2-1-3-12(13)16-20(18,17-14)10-4-5-10/h1-3,6-8H,4-5H2,(H3,15,16,17,18). The van der Waals surface area contributed by atoms with Crippen molar-refractivity contribution in [3.63, 3.8) is 0 Å². The summed E-state index contributed by atoms with van der Waals surface area (Å²) in [6.45, 7) is 0. The van der Waals surface area contributed by atoms with Crippen LogP contribution in [0.25, 0.3) is 11.1 Å². The third-order valence-corrected chi connectivity index (χ3v) is 5.61. The number of hydrogen-bond donors (Lipinski definition) is 2. The van der Waals surface area contributed by atoms with Gasteiger partial charge in [0.2, 0.25) is 0 Å². The zero-order valence-corrected chi connectivity index (χ0v) is 11.4. The minimum Gasteiger partial charge on any atom is -0.472 e. The van der Waals surface area contributed by atoms with Crippen LogP contribution in [0.2, 0.25) is 0 Å². The first-order valence-electron chi connectivity index (χ1n) is 6.35. The van der Waals surface area contributed by atoms with Gasteiger partial charge in [-0.05, 0) is 30.5 Å². The van der Waals surface area contributed by atoms with Gasteiger partial charge in [-0.3, -0.25) is 4.72 Å². The number of rotatable bonds is 1. The molecule has 1 aliphatic carbocycles. The normalized spacial score (nSPS) is 23.8. The predicted molar refractivity (Wildman–Crippen MR) is 80.9 cm³/mol. The molecule has 1 saturated carbocycles. The number of hydrogen-bond acceptors (Lipinski definition) is 3. The van der Waals surface area contributed by atoms with Crippen molar-refractivity contribution in [2.75, 3.05) is 4.72 Å². The number of nitrogens with zero attached hydrogens (tertiary/aromatic N) is 1. The molecule has 1 unspecified atom stereocenters. The molecule has 0 radical (unpaired) electrons. The van der Waals surface area contributed by atoms with E-state index in [0.717, 1.165) is 40.1 Å². The van der Waals surface area contributed by atoms with Gasteiger partial charge in [0, 0.05) is 16.0 Å². The lowest BCUT2D eigenvalue weighted by Crippen LogP contribution is -2.28. The Bertz CT molecular complexity index is 837. The first-order valence-corrected chi connectivity index (χ1v) is 7.87. The molecule has 20 heavy (non-hydrogen) atoms. The van der Waals surface area contributed by atoms with Gasteiger partial charge in [-0.2, -0.15) is 4.40 Å². The number of nitrogens with one attached hydrogen (secondary N) is 1. The highest BCUT2D eigenvalue weighted by atomic mass is 32.2. The summed E-state index contributed by atoms with van der Waals surface area (Å²) >= 11 is 0. The third kappa shape index (κ3) is 1.65. The van der Waals surface area contributed by atoms with Crippen LogP contribution in [0.5, 0.6) is 0 Å². The van der Waals surface area contributed by atoms with Crippen molar-refractivity contribution < 1.29 is 8.63 Å². The fourth-order valence-corrected chi connectivity index (χ4v) is 4.20. The van der Waals surface area contributed by atoms with Gasteiger partial charge in [0.05, 0.1) is 18.2 Å². The zero-order valence-electron chi connectivity index (χ0n) is 10.6. The molecule has 2 aliphatic rings. The van der Waals surface area contributed by atoms with Crippen molar-refractivity contribution in [2.45, 2.75) is 12.8 Å². The predicted octanol–water partition coefficient (Wildman–Crippen LogP) is 2.16. The molecule has 4 rings (SSSR count). The summed E-state index contributed by atoms with van der Waals surface area (Å²) in [6.07, 6.45) is 4.99. The van der Waals surface area contributed by atoms with Crippen molar-refractivity contribution in [2.24, 2.45) is 10.1 Å². The van der Waals surface area contributed by atoms with Crippen LogP contribution in [0.15, 0.2) is 45.6 Å². The molecule has 2 aromatic rings. The number of benzene rings is 1. The summed E-state index contributed by atoms with van der Waals surface area (Å²) in [4.78, 5) is 0.944. The van der Waals surface area contributed by atoms with Gasteiger partial charge < -0.3 is 10.2 Å². The summed E-state index contributed by atoms with van der Waals surface area (Å²) in [6, 6.07) is 7.60. The lowest BCUT2D eigenvalue weighted by Gasteiger charge is -2.21. The van der Waals surface area contributed by atoms with Crippen LogP contribution < -0.4 is 10.5 Å².